The van der Waals surface area contributed by atoms with Gasteiger partial charge in [0.2, 0.25) is 0 Å². The third-order valence-electron chi connectivity index (χ3n) is 2.63. The second-order valence-electron chi connectivity index (χ2n) is 4.36. The van der Waals surface area contributed by atoms with Crippen LogP contribution in [-0.2, 0) is 6.54 Å². The maximum absolute atomic E-state index is 5.93. The van der Waals surface area contributed by atoms with E-state index in [9.17, 15) is 0 Å². The Morgan fingerprint density at radius 1 is 1.47 bits per heavy atom. The minimum Gasteiger partial charge on any atom is -0.397 e. The lowest BCUT2D eigenvalue weighted by Crippen LogP contribution is -2.22. The molecular weight excluding hydrogens is 212 g/mol. The summed E-state index contributed by atoms with van der Waals surface area (Å²) in [6.45, 7) is 4.99. The van der Waals surface area contributed by atoms with Crippen molar-refractivity contribution in [1.29, 1.82) is 0 Å². The second-order valence-corrected chi connectivity index (χ2v) is 4.36. The zero-order valence-electron chi connectivity index (χ0n) is 10.2. The maximum Gasteiger partial charge on any atom is 0.0608 e. The summed E-state index contributed by atoms with van der Waals surface area (Å²) in [5.41, 5.74) is 8.90. The van der Waals surface area contributed by atoms with Gasteiger partial charge in [0.25, 0.3) is 0 Å². The van der Waals surface area contributed by atoms with Crippen LogP contribution in [0.2, 0.25) is 0 Å². The van der Waals surface area contributed by atoms with Gasteiger partial charge in [-0.1, -0.05) is 6.07 Å². The molecule has 1 unspecified atom stereocenters. The average Bonchev–Trinajstić information content (AvgIpc) is 2.76. The van der Waals surface area contributed by atoms with Gasteiger partial charge in [-0.2, -0.15) is 5.10 Å². The molecule has 3 N–H and O–H groups in total. The molecule has 1 heterocycles. The molecule has 90 valence electrons. The largest absolute Gasteiger partial charge is 0.397 e. The molecule has 2 aromatic rings. The average molecular weight is 230 g/mol. The Balaban J connectivity index is 2.02. The summed E-state index contributed by atoms with van der Waals surface area (Å²) in [5, 5.41) is 7.59. The molecule has 0 aliphatic rings. The predicted molar refractivity (Wildman–Crippen MR) is 70.9 cm³/mol. The molecule has 0 amide bonds. The minimum absolute atomic E-state index is 0.277. The van der Waals surface area contributed by atoms with Crippen molar-refractivity contribution in [3.05, 3.63) is 42.2 Å². The zero-order chi connectivity index (χ0) is 12.3. The molecule has 0 saturated heterocycles. The summed E-state index contributed by atoms with van der Waals surface area (Å²) in [4.78, 5) is 0. The first kappa shape index (κ1) is 11.5. The highest BCUT2D eigenvalue weighted by Gasteiger charge is 2.05. The van der Waals surface area contributed by atoms with Crippen LogP contribution in [0.1, 0.15) is 12.5 Å². The van der Waals surface area contributed by atoms with Gasteiger partial charge in [-0.05, 0) is 37.6 Å². The molecule has 0 aliphatic carbocycles. The molecule has 0 fully saturated rings. The molecule has 1 atom stereocenters. The zero-order valence-corrected chi connectivity index (χ0v) is 10.2. The number of nitrogen functional groups attached to an aromatic ring is 1. The number of nitrogens with two attached hydrogens (primary N) is 1. The van der Waals surface area contributed by atoms with Crippen LogP contribution in [0.25, 0.3) is 0 Å². The Morgan fingerprint density at radius 2 is 2.29 bits per heavy atom. The Kier molecular flexibility index (Phi) is 3.32. The minimum atomic E-state index is 0.277. The molecule has 2 rings (SSSR count). The number of aromatic nitrogens is 2. The SMILES string of the molecule is Cc1ccc(N)c(NC(C)Cn2cccn2)c1. The fourth-order valence-electron chi connectivity index (χ4n) is 1.80. The summed E-state index contributed by atoms with van der Waals surface area (Å²) >= 11 is 0. The molecule has 1 aromatic heterocycles. The highest BCUT2D eigenvalue weighted by molar-refractivity contribution is 5.67. The van der Waals surface area contributed by atoms with Crippen molar-refractivity contribution in [1.82, 2.24) is 9.78 Å². The van der Waals surface area contributed by atoms with Gasteiger partial charge in [0.05, 0.1) is 17.9 Å². The van der Waals surface area contributed by atoms with Gasteiger partial charge in [-0.25, -0.2) is 0 Å². The first-order chi connectivity index (χ1) is 8.15. The number of rotatable bonds is 4. The van der Waals surface area contributed by atoms with Crippen LogP contribution in [0.3, 0.4) is 0 Å². The van der Waals surface area contributed by atoms with E-state index < -0.39 is 0 Å². The van der Waals surface area contributed by atoms with Gasteiger partial charge in [0.1, 0.15) is 0 Å². The van der Waals surface area contributed by atoms with Crippen molar-refractivity contribution < 1.29 is 0 Å². The van der Waals surface area contributed by atoms with Gasteiger partial charge in [0.15, 0.2) is 0 Å². The molecule has 0 saturated carbocycles. The van der Waals surface area contributed by atoms with Crippen molar-refractivity contribution in [3.63, 3.8) is 0 Å². The van der Waals surface area contributed by atoms with Crippen molar-refractivity contribution in [2.24, 2.45) is 0 Å². The lowest BCUT2D eigenvalue weighted by molar-refractivity contribution is 0.561. The van der Waals surface area contributed by atoms with Gasteiger partial charge < -0.3 is 11.1 Å². The fraction of sp³-hybridized carbons (Fsp3) is 0.308. The summed E-state index contributed by atoms with van der Waals surface area (Å²) in [6, 6.07) is 8.21. The van der Waals surface area contributed by atoms with Gasteiger partial charge in [0, 0.05) is 18.4 Å². The van der Waals surface area contributed by atoms with E-state index in [0.29, 0.717) is 0 Å². The molecule has 17 heavy (non-hydrogen) atoms. The molecule has 4 nitrogen and oxygen atoms in total. The molecule has 0 bridgehead atoms. The molecule has 1 aromatic carbocycles. The summed E-state index contributed by atoms with van der Waals surface area (Å²) < 4.78 is 1.91. The van der Waals surface area contributed by atoms with Crippen molar-refractivity contribution in [2.45, 2.75) is 26.4 Å². The van der Waals surface area contributed by atoms with E-state index in [2.05, 4.69) is 30.3 Å². The lowest BCUT2D eigenvalue weighted by atomic mass is 10.2. The van der Waals surface area contributed by atoms with E-state index in [1.54, 1.807) is 6.20 Å². The van der Waals surface area contributed by atoms with Crippen LogP contribution in [0.4, 0.5) is 11.4 Å². The first-order valence-corrected chi connectivity index (χ1v) is 5.75. The van der Waals surface area contributed by atoms with Crippen molar-refractivity contribution >= 4 is 11.4 Å². The lowest BCUT2D eigenvalue weighted by Gasteiger charge is -2.17. The van der Waals surface area contributed by atoms with Gasteiger partial charge in [-0.3, -0.25) is 4.68 Å². The van der Waals surface area contributed by atoms with E-state index in [1.165, 1.54) is 5.56 Å². The van der Waals surface area contributed by atoms with E-state index in [-0.39, 0.29) is 6.04 Å². The van der Waals surface area contributed by atoms with E-state index >= 15 is 0 Å². The Labute approximate surface area is 101 Å². The smallest absolute Gasteiger partial charge is 0.0608 e. The predicted octanol–water partition coefficient (Wildman–Crippen LogP) is 2.27. The number of benzene rings is 1. The molecular formula is C13H18N4. The highest BCUT2D eigenvalue weighted by atomic mass is 15.3. The molecule has 0 spiro atoms. The Bertz CT molecular complexity index is 476. The van der Waals surface area contributed by atoms with Crippen LogP contribution in [-0.4, -0.2) is 15.8 Å². The normalized spacial score (nSPS) is 12.4. The van der Waals surface area contributed by atoms with Crippen LogP contribution in [0.5, 0.6) is 0 Å². The van der Waals surface area contributed by atoms with Crippen LogP contribution in [0.15, 0.2) is 36.7 Å². The van der Waals surface area contributed by atoms with E-state index in [0.717, 1.165) is 17.9 Å². The molecule has 4 heteroatoms. The third-order valence-corrected chi connectivity index (χ3v) is 2.63. The number of hydrogen-bond acceptors (Lipinski definition) is 3. The van der Waals surface area contributed by atoms with Gasteiger partial charge >= 0.3 is 0 Å². The summed E-state index contributed by atoms with van der Waals surface area (Å²) in [6.07, 6.45) is 3.74. The molecule has 0 radical (unpaired) electrons. The van der Waals surface area contributed by atoms with E-state index in [1.807, 2.05) is 29.1 Å². The van der Waals surface area contributed by atoms with E-state index in [4.69, 9.17) is 5.73 Å². The topological polar surface area (TPSA) is 55.9 Å². The van der Waals surface area contributed by atoms with Crippen LogP contribution < -0.4 is 11.1 Å². The number of anilines is 2. The summed E-state index contributed by atoms with van der Waals surface area (Å²) in [7, 11) is 0. The van der Waals surface area contributed by atoms with Gasteiger partial charge in [-0.15, -0.1) is 0 Å². The van der Waals surface area contributed by atoms with Crippen molar-refractivity contribution in [3.8, 4) is 0 Å². The number of nitrogens with one attached hydrogen (secondary N) is 1. The maximum atomic E-state index is 5.93. The fourth-order valence-corrected chi connectivity index (χ4v) is 1.80. The van der Waals surface area contributed by atoms with Crippen molar-refractivity contribution in [2.75, 3.05) is 11.1 Å². The summed E-state index contributed by atoms with van der Waals surface area (Å²) in [5.74, 6) is 0. The monoisotopic (exact) mass is 230 g/mol. The number of nitrogens with zero attached hydrogens (tertiary/aromatic N) is 2. The number of hydrogen-bond donors (Lipinski definition) is 2. The third kappa shape index (κ3) is 3.00. The number of aryl methyl sites for hydroxylation is 1. The Hall–Kier alpha value is -1.97. The van der Waals surface area contributed by atoms with Crippen LogP contribution in [0, 0.1) is 6.92 Å². The quantitative estimate of drug-likeness (QED) is 0.792. The van der Waals surface area contributed by atoms with Crippen LogP contribution >= 0.6 is 0 Å². The standard InChI is InChI=1S/C13H18N4/c1-10-4-5-12(14)13(8-10)16-11(2)9-17-7-3-6-15-17/h3-8,11,16H,9,14H2,1-2H3. The highest BCUT2D eigenvalue weighted by Crippen LogP contribution is 2.20. The first-order valence-electron chi connectivity index (χ1n) is 5.75. The molecule has 0 aliphatic heterocycles. The second kappa shape index (κ2) is 4.91. The Morgan fingerprint density at radius 3 is 3.00 bits per heavy atom.